The van der Waals surface area contributed by atoms with Crippen LogP contribution < -0.4 is 0 Å². The molecule has 1 aromatic carbocycles. The van der Waals surface area contributed by atoms with Crippen LogP contribution in [0.5, 0.6) is 0 Å². The van der Waals surface area contributed by atoms with Crippen LogP contribution in [0.25, 0.3) is 0 Å². The van der Waals surface area contributed by atoms with Crippen molar-refractivity contribution in [2.24, 2.45) is 0 Å². The van der Waals surface area contributed by atoms with Crippen molar-refractivity contribution in [3.8, 4) is 0 Å². The van der Waals surface area contributed by atoms with Gasteiger partial charge in [-0.25, -0.2) is 8.78 Å². The molecule has 0 fully saturated rings. The zero-order valence-corrected chi connectivity index (χ0v) is 10.2. The minimum atomic E-state index is -4.71. The summed E-state index contributed by atoms with van der Waals surface area (Å²) in [5.41, 5.74) is -3.60. The molecule has 0 unspecified atom stereocenters. The molecule has 1 aromatic rings. The van der Waals surface area contributed by atoms with Gasteiger partial charge in [0.05, 0.1) is 0 Å². The van der Waals surface area contributed by atoms with Gasteiger partial charge in [0.15, 0.2) is 5.60 Å². The summed E-state index contributed by atoms with van der Waals surface area (Å²) in [6.07, 6.45) is -5.23. The fraction of sp³-hybridized carbons (Fsp3) is 0.462. The van der Waals surface area contributed by atoms with Gasteiger partial charge in [-0.15, -0.1) is 0 Å². The van der Waals surface area contributed by atoms with E-state index < -0.39 is 35.7 Å². The highest BCUT2D eigenvalue weighted by molar-refractivity contribution is 5.79. The lowest BCUT2D eigenvalue weighted by molar-refractivity contribution is -0.249. The number of rotatable bonds is 6. The highest BCUT2D eigenvalue weighted by Crippen LogP contribution is 2.44. The number of halogens is 4. The predicted octanol–water partition coefficient (Wildman–Crippen LogP) is 3.14. The first-order chi connectivity index (χ1) is 8.75. The quantitative estimate of drug-likeness (QED) is 0.812. The molecule has 0 radical (unpaired) electrons. The van der Waals surface area contributed by atoms with Crippen LogP contribution in [0.3, 0.4) is 0 Å². The van der Waals surface area contributed by atoms with E-state index >= 15 is 0 Å². The van der Waals surface area contributed by atoms with E-state index in [1.165, 1.54) is 25.1 Å². The summed E-state index contributed by atoms with van der Waals surface area (Å²) in [6, 6.07) is 6.35. The monoisotopic (exact) mass is 278 g/mol. The van der Waals surface area contributed by atoms with E-state index in [1.807, 2.05) is 0 Å². The Labute approximate surface area is 108 Å². The summed E-state index contributed by atoms with van der Waals surface area (Å²) in [5.74, 6) is -5.43. The Kier molecular flexibility index (Phi) is 4.68. The van der Waals surface area contributed by atoms with Crippen LogP contribution >= 0.6 is 0 Å². The van der Waals surface area contributed by atoms with E-state index in [-0.39, 0.29) is 6.42 Å². The van der Waals surface area contributed by atoms with Crippen molar-refractivity contribution in [1.82, 2.24) is 0 Å². The Morgan fingerprint density at radius 3 is 2.21 bits per heavy atom. The van der Waals surface area contributed by atoms with Crippen LogP contribution in [-0.4, -0.2) is 23.2 Å². The maximum Gasteiger partial charge on any atom is 0.339 e. The number of benzene rings is 1. The maximum absolute atomic E-state index is 13.6. The van der Waals surface area contributed by atoms with Crippen LogP contribution in [-0.2, 0) is 10.4 Å². The van der Waals surface area contributed by atoms with E-state index in [1.54, 1.807) is 0 Å². The molecule has 0 amide bonds. The van der Waals surface area contributed by atoms with E-state index in [0.29, 0.717) is 0 Å². The van der Waals surface area contributed by atoms with Crippen LogP contribution in [0.15, 0.2) is 30.3 Å². The second kappa shape index (κ2) is 5.69. The molecular weight excluding hydrogens is 264 g/mol. The number of carbonyl (C=O) groups is 1. The zero-order valence-electron chi connectivity index (χ0n) is 10.2. The molecule has 0 saturated heterocycles. The maximum atomic E-state index is 13.6. The average Bonchev–Trinajstić information content (AvgIpc) is 2.39. The smallest absolute Gasteiger partial charge is 0.339 e. The average molecular weight is 278 g/mol. The van der Waals surface area contributed by atoms with Crippen molar-refractivity contribution in [2.75, 3.05) is 0 Å². The molecule has 0 aliphatic heterocycles. The highest BCUT2D eigenvalue weighted by Gasteiger charge is 2.60. The first-order valence-corrected chi connectivity index (χ1v) is 5.71. The van der Waals surface area contributed by atoms with Gasteiger partial charge in [0.1, 0.15) is 5.78 Å². The molecule has 0 spiro atoms. The Morgan fingerprint density at radius 2 is 1.79 bits per heavy atom. The van der Waals surface area contributed by atoms with Crippen molar-refractivity contribution in [3.05, 3.63) is 35.9 Å². The summed E-state index contributed by atoms with van der Waals surface area (Å²) in [7, 11) is 0. The third kappa shape index (κ3) is 2.94. The van der Waals surface area contributed by atoms with Gasteiger partial charge in [0, 0.05) is 12.8 Å². The van der Waals surface area contributed by atoms with Crippen molar-refractivity contribution in [2.45, 2.75) is 37.7 Å². The normalized spacial score (nSPS) is 15.3. The SMILES string of the molecule is CCC(=O)C[C@](O)(c1ccccc1)C(F)(F)C(F)F. The van der Waals surface area contributed by atoms with Gasteiger partial charge in [-0.2, -0.15) is 8.78 Å². The molecule has 1 N–H and O–H groups in total. The van der Waals surface area contributed by atoms with Gasteiger partial charge in [0.25, 0.3) is 0 Å². The fourth-order valence-corrected chi connectivity index (χ4v) is 1.72. The Hall–Kier alpha value is -1.43. The molecular formula is C13H14F4O2. The number of Topliss-reactive ketones (excluding diaryl/α,β-unsaturated/α-hetero) is 1. The molecule has 106 valence electrons. The second-order valence-corrected chi connectivity index (χ2v) is 4.22. The Bertz CT molecular complexity index is 434. The second-order valence-electron chi connectivity index (χ2n) is 4.22. The van der Waals surface area contributed by atoms with Crippen molar-refractivity contribution < 1.29 is 27.5 Å². The molecule has 0 bridgehead atoms. The van der Waals surface area contributed by atoms with Crippen molar-refractivity contribution in [3.63, 3.8) is 0 Å². The topological polar surface area (TPSA) is 37.3 Å². The highest BCUT2D eigenvalue weighted by atomic mass is 19.3. The summed E-state index contributed by atoms with van der Waals surface area (Å²) < 4.78 is 52.3. The van der Waals surface area contributed by atoms with Gasteiger partial charge in [-0.3, -0.25) is 4.79 Å². The fourth-order valence-electron chi connectivity index (χ4n) is 1.72. The predicted molar refractivity (Wildman–Crippen MR) is 61.2 cm³/mol. The number of ketones is 1. The lowest BCUT2D eigenvalue weighted by Crippen LogP contribution is -2.51. The van der Waals surface area contributed by atoms with Crippen LogP contribution in [0.4, 0.5) is 17.6 Å². The lowest BCUT2D eigenvalue weighted by atomic mass is 9.82. The molecule has 2 nitrogen and oxygen atoms in total. The number of aliphatic hydroxyl groups is 1. The summed E-state index contributed by atoms with van der Waals surface area (Å²) in [6.45, 7) is 1.41. The minimum Gasteiger partial charge on any atom is -0.378 e. The molecule has 0 saturated carbocycles. The molecule has 6 heteroatoms. The molecule has 0 aromatic heterocycles. The third-order valence-electron chi connectivity index (χ3n) is 2.92. The van der Waals surface area contributed by atoms with Gasteiger partial charge < -0.3 is 5.11 Å². The first-order valence-electron chi connectivity index (χ1n) is 5.71. The van der Waals surface area contributed by atoms with Gasteiger partial charge in [-0.05, 0) is 5.56 Å². The summed E-state index contributed by atoms with van der Waals surface area (Å²) >= 11 is 0. The lowest BCUT2D eigenvalue weighted by Gasteiger charge is -2.35. The van der Waals surface area contributed by atoms with Gasteiger partial charge >= 0.3 is 12.3 Å². The number of hydrogen-bond acceptors (Lipinski definition) is 2. The van der Waals surface area contributed by atoms with Crippen molar-refractivity contribution >= 4 is 5.78 Å². The molecule has 19 heavy (non-hydrogen) atoms. The van der Waals surface area contributed by atoms with Gasteiger partial charge in [-0.1, -0.05) is 37.3 Å². The number of hydrogen-bond donors (Lipinski definition) is 1. The first kappa shape index (κ1) is 15.6. The van der Waals surface area contributed by atoms with E-state index in [0.717, 1.165) is 12.1 Å². The van der Waals surface area contributed by atoms with Crippen LogP contribution in [0, 0.1) is 0 Å². The molecule has 0 aliphatic rings. The summed E-state index contributed by atoms with van der Waals surface area (Å²) in [5, 5.41) is 10.0. The number of alkyl halides is 4. The van der Waals surface area contributed by atoms with E-state index in [9.17, 15) is 27.5 Å². The minimum absolute atomic E-state index is 0.117. The third-order valence-corrected chi connectivity index (χ3v) is 2.92. The number of carbonyl (C=O) groups excluding carboxylic acids is 1. The Balaban J connectivity index is 3.29. The van der Waals surface area contributed by atoms with Crippen LogP contribution in [0.2, 0.25) is 0 Å². The standard InChI is InChI=1S/C13H14F4O2/c1-2-10(18)8-12(19,13(16,17)11(14)15)9-6-4-3-5-7-9/h3-7,11,19H,2,8H2,1H3/t12-/m0/s1. The molecule has 1 atom stereocenters. The van der Waals surface area contributed by atoms with E-state index in [2.05, 4.69) is 0 Å². The molecule has 1 rings (SSSR count). The van der Waals surface area contributed by atoms with Gasteiger partial charge in [0.2, 0.25) is 0 Å². The summed E-state index contributed by atoms with van der Waals surface area (Å²) in [4.78, 5) is 11.3. The van der Waals surface area contributed by atoms with E-state index in [4.69, 9.17) is 0 Å². The zero-order chi connectivity index (χ0) is 14.7. The molecule has 0 heterocycles. The largest absolute Gasteiger partial charge is 0.378 e. The van der Waals surface area contributed by atoms with Crippen molar-refractivity contribution in [1.29, 1.82) is 0 Å². The Morgan fingerprint density at radius 1 is 1.26 bits per heavy atom. The van der Waals surface area contributed by atoms with Crippen LogP contribution in [0.1, 0.15) is 25.3 Å². The molecule has 0 aliphatic carbocycles.